The highest BCUT2D eigenvalue weighted by Gasteiger charge is 2.29. The fraction of sp³-hybridized carbons (Fsp3) is 0.471. The lowest BCUT2D eigenvalue weighted by Crippen LogP contribution is -2.12. The van der Waals surface area contributed by atoms with Gasteiger partial charge in [0.25, 0.3) is 0 Å². The van der Waals surface area contributed by atoms with Crippen LogP contribution in [0.3, 0.4) is 0 Å². The Morgan fingerprint density at radius 3 is 1.58 bits per heavy atom. The second-order valence-corrected chi connectivity index (χ2v) is 11.5. The van der Waals surface area contributed by atoms with E-state index < -0.39 is 0 Å². The van der Waals surface area contributed by atoms with Crippen molar-refractivity contribution in [2.75, 3.05) is 7.11 Å². The predicted octanol–water partition coefficient (Wildman–Crippen LogP) is 8.70. The first-order chi connectivity index (χ1) is 18.4. The summed E-state index contributed by atoms with van der Waals surface area (Å²) in [5, 5.41) is 33.4. The maximum absolute atomic E-state index is 11.4. The average molecular weight is 515 g/mol. The van der Waals surface area contributed by atoms with Gasteiger partial charge in [-0.15, -0.1) is 0 Å². The Kier molecular flexibility index (Phi) is 7.88. The van der Waals surface area contributed by atoms with Gasteiger partial charge in [0.15, 0.2) is 11.5 Å². The van der Waals surface area contributed by atoms with E-state index in [-0.39, 0.29) is 11.7 Å². The molecule has 3 aromatic rings. The van der Waals surface area contributed by atoms with E-state index in [4.69, 9.17) is 4.74 Å². The molecule has 4 heteroatoms. The lowest BCUT2D eigenvalue weighted by molar-refractivity contribution is 0.370. The quantitative estimate of drug-likeness (QED) is 0.288. The molecule has 0 bridgehead atoms. The first kappa shape index (κ1) is 26.5. The summed E-state index contributed by atoms with van der Waals surface area (Å²) >= 11 is 0. The van der Waals surface area contributed by atoms with Gasteiger partial charge in [0.05, 0.1) is 7.11 Å². The number of phenols is 3. The fourth-order valence-corrected chi connectivity index (χ4v) is 7.00. The van der Waals surface area contributed by atoms with Crippen LogP contribution in [0.5, 0.6) is 23.0 Å². The molecule has 0 atom stereocenters. The highest BCUT2D eigenvalue weighted by molar-refractivity contribution is 5.60. The third kappa shape index (κ3) is 5.10. The van der Waals surface area contributed by atoms with Crippen molar-refractivity contribution < 1.29 is 20.1 Å². The Morgan fingerprint density at radius 1 is 0.658 bits per heavy atom. The summed E-state index contributed by atoms with van der Waals surface area (Å²) in [6, 6.07) is 13.9. The van der Waals surface area contributed by atoms with Crippen molar-refractivity contribution in [1.82, 2.24) is 0 Å². The van der Waals surface area contributed by atoms with Crippen molar-refractivity contribution in [1.29, 1.82) is 0 Å². The number of aryl methyl sites for hydroxylation is 2. The lowest BCUT2D eigenvalue weighted by Gasteiger charge is -2.29. The normalized spacial score (nSPS) is 17.2. The van der Waals surface area contributed by atoms with E-state index in [2.05, 4.69) is 12.1 Å². The van der Waals surface area contributed by atoms with Crippen LogP contribution in [0.2, 0.25) is 0 Å². The van der Waals surface area contributed by atoms with Crippen molar-refractivity contribution in [3.63, 3.8) is 0 Å². The average Bonchev–Trinajstić information content (AvgIpc) is 2.92. The fourth-order valence-electron chi connectivity index (χ4n) is 7.00. The molecule has 0 radical (unpaired) electrons. The smallest absolute Gasteiger partial charge is 0.161 e. The van der Waals surface area contributed by atoms with Crippen molar-refractivity contribution >= 4 is 0 Å². The maximum atomic E-state index is 11.4. The standard InChI is InChI=1S/C34H42O4/c1-21-17-30(35)28(23-11-6-4-7-12-23)19-26(21)33(25-15-10-16-32(38-3)34(25)37)27-20-29(31(36)18-22(27)2)24-13-8-5-9-14-24/h10,15-20,23-24,33,35-37H,4-9,11-14H2,1-3H3. The molecule has 0 amide bonds. The zero-order chi connectivity index (χ0) is 26.8. The minimum atomic E-state index is -0.268. The first-order valence-electron chi connectivity index (χ1n) is 14.4. The van der Waals surface area contributed by atoms with Crippen LogP contribution in [-0.2, 0) is 0 Å². The molecule has 202 valence electrons. The number of benzene rings is 3. The summed E-state index contributed by atoms with van der Waals surface area (Å²) in [7, 11) is 1.58. The number of aromatic hydroxyl groups is 3. The Bertz CT molecular complexity index is 1210. The van der Waals surface area contributed by atoms with Crippen LogP contribution in [0, 0.1) is 13.8 Å². The monoisotopic (exact) mass is 514 g/mol. The van der Waals surface area contributed by atoms with Gasteiger partial charge in [-0.3, -0.25) is 0 Å². The van der Waals surface area contributed by atoms with Gasteiger partial charge in [-0.2, -0.15) is 0 Å². The van der Waals surface area contributed by atoms with Gasteiger partial charge in [0, 0.05) is 11.5 Å². The molecule has 38 heavy (non-hydrogen) atoms. The van der Waals surface area contributed by atoms with Crippen LogP contribution in [0.1, 0.15) is 121 Å². The topological polar surface area (TPSA) is 69.9 Å². The summed E-state index contributed by atoms with van der Waals surface area (Å²) < 4.78 is 5.51. The highest BCUT2D eigenvalue weighted by atomic mass is 16.5. The van der Waals surface area contributed by atoms with E-state index >= 15 is 0 Å². The minimum absolute atomic E-state index is 0.137. The predicted molar refractivity (Wildman–Crippen MR) is 153 cm³/mol. The molecule has 3 aromatic carbocycles. The summed E-state index contributed by atoms with van der Waals surface area (Å²) in [6.07, 6.45) is 11.6. The minimum Gasteiger partial charge on any atom is -0.508 e. The molecule has 0 saturated heterocycles. The Balaban J connectivity index is 1.72. The summed E-state index contributed by atoms with van der Waals surface area (Å²) in [5.41, 5.74) is 6.94. The molecule has 5 rings (SSSR count). The van der Waals surface area contributed by atoms with E-state index in [1.54, 1.807) is 13.2 Å². The van der Waals surface area contributed by atoms with E-state index in [0.29, 0.717) is 29.1 Å². The van der Waals surface area contributed by atoms with Crippen molar-refractivity contribution in [2.45, 2.75) is 95.8 Å². The summed E-state index contributed by atoms with van der Waals surface area (Å²) in [5.74, 6) is 1.76. The molecule has 4 nitrogen and oxygen atoms in total. The molecule has 0 spiro atoms. The first-order valence-corrected chi connectivity index (χ1v) is 14.4. The molecule has 0 aliphatic heterocycles. The number of phenolic OH excluding ortho intramolecular Hbond substituents is 3. The second-order valence-electron chi connectivity index (χ2n) is 11.5. The third-order valence-corrected chi connectivity index (χ3v) is 9.10. The molecule has 0 unspecified atom stereocenters. The van der Waals surface area contributed by atoms with Gasteiger partial charge in [-0.05, 0) is 103 Å². The summed E-state index contributed by atoms with van der Waals surface area (Å²) in [4.78, 5) is 0. The molecular weight excluding hydrogens is 472 g/mol. The maximum Gasteiger partial charge on any atom is 0.161 e. The number of para-hydroxylation sites is 1. The molecule has 2 aliphatic carbocycles. The van der Waals surface area contributed by atoms with Crippen LogP contribution in [-0.4, -0.2) is 22.4 Å². The van der Waals surface area contributed by atoms with Gasteiger partial charge in [0.2, 0.25) is 0 Å². The zero-order valence-corrected chi connectivity index (χ0v) is 23.1. The third-order valence-electron chi connectivity index (χ3n) is 9.10. The van der Waals surface area contributed by atoms with Gasteiger partial charge in [-0.25, -0.2) is 0 Å². The second kappa shape index (κ2) is 11.3. The summed E-state index contributed by atoms with van der Waals surface area (Å²) in [6.45, 7) is 4.09. The van der Waals surface area contributed by atoms with Crippen LogP contribution in [0.25, 0.3) is 0 Å². The van der Waals surface area contributed by atoms with Crippen molar-refractivity contribution in [2.24, 2.45) is 0 Å². The number of rotatable bonds is 6. The zero-order valence-electron chi connectivity index (χ0n) is 23.1. The largest absolute Gasteiger partial charge is 0.508 e. The number of hydrogen-bond acceptors (Lipinski definition) is 4. The highest BCUT2D eigenvalue weighted by Crippen LogP contribution is 2.48. The molecule has 2 fully saturated rings. The van der Waals surface area contributed by atoms with Crippen LogP contribution < -0.4 is 4.74 Å². The number of ether oxygens (including phenoxy) is 1. The molecule has 2 aliphatic rings. The molecule has 0 heterocycles. The van der Waals surface area contributed by atoms with Gasteiger partial charge >= 0.3 is 0 Å². The SMILES string of the molecule is COc1cccc(C(c2cc(C3CCCCC3)c(O)cc2C)c2cc(C3CCCCC3)c(O)cc2C)c1O. The number of hydrogen-bond donors (Lipinski definition) is 3. The Morgan fingerprint density at radius 2 is 1.13 bits per heavy atom. The van der Waals surface area contributed by atoms with E-state index in [0.717, 1.165) is 64.6 Å². The number of methoxy groups -OCH3 is 1. The lowest BCUT2D eigenvalue weighted by atomic mass is 9.75. The van der Waals surface area contributed by atoms with Gasteiger partial charge in [0.1, 0.15) is 11.5 Å². The molecular formula is C34H42O4. The van der Waals surface area contributed by atoms with Crippen LogP contribution >= 0.6 is 0 Å². The van der Waals surface area contributed by atoms with E-state index in [1.165, 1.54) is 38.5 Å². The van der Waals surface area contributed by atoms with Crippen LogP contribution in [0.15, 0.2) is 42.5 Å². The Labute approximate surface area is 227 Å². The Hall–Kier alpha value is -3.14. The van der Waals surface area contributed by atoms with Gasteiger partial charge in [-0.1, -0.05) is 62.8 Å². The van der Waals surface area contributed by atoms with Crippen molar-refractivity contribution in [3.8, 4) is 23.0 Å². The van der Waals surface area contributed by atoms with Gasteiger partial charge < -0.3 is 20.1 Å². The van der Waals surface area contributed by atoms with Crippen LogP contribution in [0.4, 0.5) is 0 Å². The van der Waals surface area contributed by atoms with Crippen molar-refractivity contribution in [3.05, 3.63) is 81.4 Å². The molecule has 2 saturated carbocycles. The van der Waals surface area contributed by atoms with E-state index in [1.807, 2.05) is 38.1 Å². The van der Waals surface area contributed by atoms with E-state index in [9.17, 15) is 15.3 Å². The molecule has 3 N–H and O–H groups in total. The molecule has 0 aromatic heterocycles.